The normalized spacial score (nSPS) is 35.2. The molecule has 2 heterocycles. The lowest BCUT2D eigenvalue weighted by Crippen LogP contribution is -2.50. The van der Waals surface area contributed by atoms with Crippen LogP contribution < -0.4 is 5.73 Å². The number of rotatable bonds is 3. The summed E-state index contributed by atoms with van der Waals surface area (Å²) in [4.78, 5) is 5.46. The van der Waals surface area contributed by atoms with Crippen LogP contribution in [0.15, 0.2) is 0 Å². The van der Waals surface area contributed by atoms with Crippen molar-refractivity contribution in [1.29, 1.82) is 0 Å². The third kappa shape index (κ3) is 3.50. The van der Waals surface area contributed by atoms with Crippen LogP contribution in [0.4, 0.5) is 0 Å². The van der Waals surface area contributed by atoms with Gasteiger partial charge in [-0.05, 0) is 64.1 Å². The molecule has 3 heteroatoms. The Morgan fingerprint density at radius 1 is 0.789 bits per heavy atom. The standard InChI is InChI=1S/C16H31N3/c17-15-7-10-18(11-8-15)12-13-19-9-3-5-14-4-1-2-6-16(14)19/h14-16H,1-13,17H2. The maximum absolute atomic E-state index is 5.99. The molecule has 2 saturated heterocycles. The lowest BCUT2D eigenvalue weighted by Gasteiger charge is -2.45. The molecule has 0 bridgehead atoms. The molecule has 1 aliphatic carbocycles. The Kier molecular flexibility index (Phi) is 4.78. The highest BCUT2D eigenvalue weighted by Gasteiger charge is 2.33. The van der Waals surface area contributed by atoms with E-state index in [-0.39, 0.29) is 0 Å². The Morgan fingerprint density at radius 3 is 2.37 bits per heavy atom. The molecular formula is C16H31N3. The van der Waals surface area contributed by atoms with Crippen LogP contribution in [-0.2, 0) is 0 Å². The molecule has 2 atom stereocenters. The summed E-state index contributed by atoms with van der Waals surface area (Å²) in [5, 5.41) is 0. The van der Waals surface area contributed by atoms with Gasteiger partial charge in [0.2, 0.25) is 0 Å². The van der Waals surface area contributed by atoms with E-state index in [0.29, 0.717) is 6.04 Å². The van der Waals surface area contributed by atoms with Gasteiger partial charge in [0.1, 0.15) is 0 Å². The predicted octanol–water partition coefficient (Wildman–Crippen LogP) is 2.06. The molecule has 2 unspecified atom stereocenters. The fourth-order valence-electron chi connectivity index (χ4n) is 4.45. The highest BCUT2D eigenvalue weighted by atomic mass is 15.2. The van der Waals surface area contributed by atoms with Gasteiger partial charge in [-0.2, -0.15) is 0 Å². The second-order valence-corrected chi connectivity index (χ2v) is 6.97. The Hall–Kier alpha value is -0.120. The van der Waals surface area contributed by atoms with Crippen LogP contribution in [0.1, 0.15) is 51.4 Å². The van der Waals surface area contributed by atoms with Crippen molar-refractivity contribution in [1.82, 2.24) is 9.80 Å². The molecule has 0 aromatic heterocycles. The predicted molar refractivity (Wildman–Crippen MR) is 80.2 cm³/mol. The van der Waals surface area contributed by atoms with Gasteiger partial charge in [-0.25, -0.2) is 0 Å². The Morgan fingerprint density at radius 2 is 1.53 bits per heavy atom. The van der Waals surface area contributed by atoms with Crippen molar-refractivity contribution in [3.05, 3.63) is 0 Å². The first-order valence-corrected chi connectivity index (χ1v) is 8.55. The molecule has 110 valence electrons. The molecule has 0 spiro atoms. The molecule has 1 saturated carbocycles. The highest BCUT2D eigenvalue weighted by Crippen LogP contribution is 2.35. The Bertz CT molecular complexity index is 271. The van der Waals surface area contributed by atoms with Crippen molar-refractivity contribution >= 4 is 0 Å². The van der Waals surface area contributed by atoms with Gasteiger partial charge >= 0.3 is 0 Å². The van der Waals surface area contributed by atoms with Gasteiger partial charge in [-0.1, -0.05) is 12.8 Å². The molecule has 2 N–H and O–H groups in total. The van der Waals surface area contributed by atoms with E-state index < -0.39 is 0 Å². The molecule has 0 aromatic rings. The van der Waals surface area contributed by atoms with E-state index in [9.17, 15) is 0 Å². The first-order chi connectivity index (χ1) is 9.33. The van der Waals surface area contributed by atoms with Gasteiger partial charge in [-0.15, -0.1) is 0 Å². The summed E-state index contributed by atoms with van der Waals surface area (Å²) in [6, 6.07) is 1.39. The van der Waals surface area contributed by atoms with E-state index in [1.165, 1.54) is 84.1 Å². The lowest BCUT2D eigenvalue weighted by molar-refractivity contribution is 0.0495. The minimum atomic E-state index is 0.467. The number of hydrogen-bond acceptors (Lipinski definition) is 3. The van der Waals surface area contributed by atoms with Crippen LogP contribution in [0.3, 0.4) is 0 Å². The summed E-state index contributed by atoms with van der Waals surface area (Å²) in [6.07, 6.45) is 11.3. The molecular weight excluding hydrogens is 234 g/mol. The summed E-state index contributed by atoms with van der Waals surface area (Å²) in [5.74, 6) is 1.03. The van der Waals surface area contributed by atoms with E-state index >= 15 is 0 Å². The maximum atomic E-state index is 5.99. The van der Waals surface area contributed by atoms with Crippen LogP contribution in [0, 0.1) is 5.92 Å². The minimum Gasteiger partial charge on any atom is -0.328 e. The number of nitrogens with zero attached hydrogens (tertiary/aromatic N) is 2. The molecule has 0 aromatic carbocycles. The van der Waals surface area contributed by atoms with Crippen molar-refractivity contribution < 1.29 is 0 Å². The van der Waals surface area contributed by atoms with Crippen molar-refractivity contribution in [2.75, 3.05) is 32.7 Å². The van der Waals surface area contributed by atoms with Crippen molar-refractivity contribution in [3.8, 4) is 0 Å². The van der Waals surface area contributed by atoms with E-state index in [1.807, 2.05) is 0 Å². The number of hydrogen-bond donors (Lipinski definition) is 1. The van der Waals surface area contributed by atoms with Crippen molar-refractivity contribution in [2.45, 2.75) is 63.5 Å². The molecule has 0 amide bonds. The third-order valence-electron chi connectivity index (χ3n) is 5.69. The summed E-state index contributed by atoms with van der Waals surface area (Å²) in [5.41, 5.74) is 5.99. The van der Waals surface area contributed by atoms with Gasteiger partial charge in [0.25, 0.3) is 0 Å². The molecule has 3 fully saturated rings. The van der Waals surface area contributed by atoms with Crippen LogP contribution in [0.2, 0.25) is 0 Å². The largest absolute Gasteiger partial charge is 0.328 e. The van der Waals surface area contributed by atoms with Gasteiger partial charge in [0, 0.05) is 25.2 Å². The van der Waals surface area contributed by atoms with Gasteiger partial charge < -0.3 is 10.6 Å². The summed E-state index contributed by atoms with van der Waals surface area (Å²) >= 11 is 0. The average molecular weight is 265 g/mol. The molecule has 3 nitrogen and oxygen atoms in total. The highest BCUT2D eigenvalue weighted by molar-refractivity contribution is 4.88. The van der Waals surface area contributed by atoms with Crippen LogP contribution in [0.5, 0.6) is 0 Å². The first-order valence-electron chi connectivity index (χ1n) is 8.55. The molecule has 19 heavy (non-hydrogen) atoms. The number of likely N-dealkylation sites (tertiary alicyclic amines) is 2. The smallest absolute Gasteiger partial charge is 0.0124 e. The second kappa shape index (κ2) is 6.55. The van der Waals surface area contributed by atoms with Gasteiger partial charge in [0.05, 0.1) is 0 Å². The zero-order valence-electron chi connectivity index (χ0n) is 12.4. The van der Waals surface area contributed by atoms with Crippen LogP contribution >= 0.6 is 0 Å². The molecule has 3 rings (SSSR count). The number of piperidine rings is 2. The van der Waals surface area contributed by atoms with E-state index in [2.05, 4.69) is 9.80 Å². The quantitative estimate of drug-likeness (QED) is 0.848. The number of nitrogens with two attached hydrogens (primary N) is 1. The lowest BCUT2D eigenvalue weighted by atomic mass is 9.78. The molecule has 3 aliphatic rings. The molecule has 2 aliphatic heterocycles. The summed E-state index contributed by atoms with van der Waals surface area (Å²) < 4.78 is 0. The third-order valence-corrected chi connectivity index (χ3v) is 5.69. The number of fused-ring (bicyclic) bond motifs is 1. The minimum absolute atomic E-state index is 0.467. The van der Waals surface area contributed by atoms with Crippen molar-refractivity contribution in [2.24, 2.45) is 11.7 Å². The Labute approximate surface area is 118 Å². The fourth-order valence-corrected chi connectivity index (χ4v) is 4.45. The monoisotopic (exact) mass is 265 g/mol. The first kappa shape index (κ1) is 13.8. The van der Waals surface area contributed by atoms with E-state index in [0.717, 1.165) is 12.0 Å². The van der Waals surface area contributed by atoms with E-state index in [1.54, 1.807) is 0 Å². The van der Waals surface area contributed by atoms with Gasteiger partial charge in [0.15, 0.2) is 0 Å². The van der Waals surface area contributed by atoms with Gasteiger partial charge in [-0.3, -0.25) is 4.90 Å². The SMILES string of the molecule is NC1CCN(CCN2CCCC3CCCCC32)CC1. The zero-order chi connectivity index (χ0) is 13.1. The molecule has 0 radical (unpaired) electrons. The van der Waals surface area contributed by atoms with Crippen LogP contribution in [0.25, 0.3) is 0 Å². The Balaban J connectivity index is 1.46. The van der Waals surface area contributed by atoms with Crippen LogP contribution in [-0.4, -0.2) is 54.6 Å². The average Bonchev–Trinajstić information content (AvgIpc) is 2.47. The summed E-state index contributed by atoms with van der Waals surface area (Å²) in [6.45, 7) is 6.38. The fraction of sp³-hybridized carbons (Fsp3) is 1.00. The van der Waals surface area contributed by atoms with E-state index in [4.69, 9.17) is 5.73 Å². The second-order valence-electron chi connectivity index (χ2n) is 6.97. The maximum Gasteiger partial charge on any atom is 0.0124 e. The summed E-state index contributed by atoms with van der Waals surface area (Å²) in [7, 11) is 0. The van der Waals surface area contributed by atoms with Crippen molar-refractivity contribution in [3.63, 3.8) is 0 Å². The zero-order valence-corrected chi connectivity index (χ0v) is 12.4. The topological polar surface area (TPSA) is 32.5 Å².